The second kappa shape index (κ2) is 6.81. The van der Waals surface area contributed by atoms with Crippen molar-refractivity contribution in [2.75, 3.05) is 33.2 Å². The molecule has 7 nitrogen and oxygen atoms in total. The van der Waals surface area contributed by atoms with E-state index in [1.165, 1.54) is 16.0 Å². The van der Waals surface area contributed by atoms with E-state index in [1.807, 2.05) is 6.20 Å². The Bertz CT molecular complexity index is 890. The zero-order valence-corrected chi connectivity index (χ0v) is 16.0. The van der Waals surface area contributed by atoms with E-state index in [2.05, 4.69) is 47.1 Å². The van der Waals surface area contributed by atoms with Gasteiger partial charge in [0.05, 0.1) is 18.4 Å². The molecule has 2 aliphatic rings. The molecular weight excluding hydrogens is 342 g/mol. The maximum Gasteiger partial charge on any atom is 0.246 e. The van der Waals surface area contributed by atoms with Gasteiger partial charge in [0, 0.05) is 44.4 Å². The number of aryl methyl sites for hydroxylation is 2. The van der Waals surface area contributed by atoms with Gasteiger partial charge in [-0.05, 0) is 25.5 Å². The highest BCUT2D eigenvalue weighted by Gasteiger charge is 2.41. The largest absolute Gasteiger partial charge is 0.335 e. The van der Waals surface area contributed by atoms with Crippen LogP contribution < -0.4 is 0 Å². The van der Waals surface area contributed by atoms with Gasteiger partial charge in [0.25, 0.3) is 0 Å². The number of piperazine rings is 2. The molecule has 0 radical (unpaired) electrons. The molecule has 2 amide bonds. The van der Waals surface area contributed by atoms with E-state index in [4.69, 9.17) is 0 Å². The van der Waals surface area contributed by atoms with Gasteiger partial charge in [0.2, 0.25) is 11.8 Å². The highest BCUT2D eigenvalue weighted by molar-refractivity contribution is 5.95. The first-order chi connectivity index (χ1) is 12.9. The SMILES string of the molecule is Cc1ccc(C)c(-c2[nH]ncc2CN2CCN3C(=O)CN(C)C(=O)[C@@H]3C2)c1. The molecule has 0 aliphatic carbocycles. The summed E-state index contributed by atoms with van der Waals surface area (Å²) >= 11 is 0. The number of hydrogen-bond acceptors (Lipinski definition) is 4. The summed E-state index contributed by atoms with van der Waals surface area (Å²) in [6.45, 7) is 6.99. The van der Waals surface area contributed by atoms with E-state index < -0.39 is 0 Å². The van der Waals surface area contributed by atoms with Crippen molar-refractivity contribution in [3.8, 4) is 11.3 Å². The van der Waals surface area contributed by atoms with Crippen LogP contribution in [0.5, 0.6) is 0 Å². The van der Waals surface area contributed by atoms with E-state index in [-0.39, 0.29) is 24.4 Å². The Hall–Kier alpha value is -2.67. The fraction of sp³-hybridized carbons (Fsp3) is 0.450. The molecule has 0 bridgehead atoms. The van der Waals surface area contributed by atoms with Gasteiger partial charge in [-0.15, -0.1) is 0 Å². The van der Waals surface area contributed by atoms with Crippen LogP contribution in [-0.2, 0) is 16.1 Å². The quantitative estimate of drug-likeness (QED) is 0.884. The van der Waals surface area contributed by atoms with Crippen LogP contribution in [0, 0.1) is 13.8 Å². The third-order valence-corrected chi connectivity index (χ3v) is 5.59. The lowest BCUT2D eigenvalue weighted by Crippen LogP contribution is -2.65. The number of H-pyrrole nitrogens is 1. The van der Waals surface area contributed by atoms with Crippen molar-refractivity contribution in [3.05, 3.63) is 41.1 Å². The Morgan fingerprint density at radius 2 is 2.04 bits per heavy atom. The van der Waals surface area contributed by atoms with Crippen molar-refractivity contribution in [2.45, 2.75) is 26.4 Å². The molecular formula is C20H25N5O2. The molecule has 27 heavy (non-hydrogen) atoms. The number of carbonyl (C=O) groups excluding carboxylic acids is 2. The van der Waals surface area contributed by atoms with Crippen LogP contribution in [0.2, 0.25) is 0 Å². The number of rotatable bonds is 3. The molecule has 0 spiro atoms. The Labute approximate surface area is 158 Å². The van der Waals surface area contributed by atoms with E-state index in [0.717, 1.165) is 23.4 Å². The summed E-state index contributed by atoms with van der Waals surface area (Å²) in [6.07, 6.45) is 1.86. The fourth-order valence-electron chi connectivity index (χ4n) is 4.03. The molecule has 0 unspecified atom stereocenters. The lowest BCUT2D eigenvalue weighted by molar-refractivity contribution is -0.158. The van der Waals surface area contributed by atoms with Crippen LogP contribution in [0.3, 0.4) is 0 Å². The first-order valence-electron chi connectivity index (χ1n) is 9.30. The third kappa shape index (κ3) is 3.23. The molecule has 2 aromatic rings. The fourth-order valence-corrected chi connectivity index (χ4v) is 4.03. The molecule has 1 aromatic heterocycles. The van der Waals surface area contributed by atoms with E-state index in [9.17, 15) is 9.59 Å². The number of aromatic amines is 1. The number of nitrogens with zero attached hydrogens (tertiary/aromatic N) is 4. The zero-order valence-electron chi connectivity index (χ0n) is 16.0. The number of nitrogens with one attached hydrogen (secondary N) is 1. The van der Waals surface area contributed by atoms with Crippen LogP contribution in [0.4, 0.5) is 0 Å². The molecule has 2 fully saturated rings. The van der Waals surface area contributed by atoms with Gasteiger partial charge in [-0.25, -0.2) is 0 Å². The average Bonchev–Trinajstić information content (AvgIpc) is 3.09. The van der Waals surface area contributed by atoms with Crippen LogP contribution >= 0.6 is 0 Å². The number of fused-ring (bicyclic) bond motifs is 1. The van der Waals surface area contributed by atoms with Crippen molar-refractivity contribution < 1.29 is 9.59 Å². The predicted octanol–water partition coefficient (Wildman–Crippen LogP) is 1.18. The molecule has 4 rings (SSSR count). The maximum absolute atomic E-state index is 12.5. The molecule has 0 saturated carbocycles. The highest BCUT2D eigenvalue weighted by Crippen LogP contribution is 2.27. The highest BCUT2D eigenvalue weighted by atomic mass is 16.2. The molecule has 142 valence electrons. The van der Waals surface area contributed by atoms with Crippen molar-refractivity contribution in [2.24, 2.45) is 0 Å². The summed E-state index contributed by atoms with van der Waals surface area (Å²) in [7, 11) is 1.70. The number of aromatic nitrogens is 2. The van der Waals surface area contributed by atoms with Gasteiger partial charge in [0.1, 0.15) is 6.04 Å². The number of likely N-dealkylation sites (N-methyl/N-ethyl adjacent to an activating group) is 1. The van der Waals surface area contributed by atoms with Crippen LogP contribution in [0.25, 0.3) is 11.3 Å². The van der Waals surface area contributed by atoms with Crippen molar-refractivity contribution in [3.63, 3.8) is 0 Å². The second-order valence-electron chi connectivity index (χ2n) is 7.62. The zero-order chi connectivity index (χ0) is 19.1. The Balaban J connectivity index is 1.54. The van der Waals surface area contributed by atoms with Gasteiger partial charge < -0.3 is 9.80 Å². The van der Waals surface area contributed by atoms with Gasteiger partial charge in [0.15, 0.2) is 0 Å². The van der Waals surface area contributed by atoms with Crippen LogP contribution in [-0.4, -0.2) is 76.0 Å². The lowest BCUT2D eigenvalue weighted by Gasteiger charge is -2.45. The van der Waals surface area contributed by atoms with Gasteiger partial charge in [-0.2, -0.15) is 5.10 Å². The molecule has 2 saturated heterocycles. The molecule has 1 atom stereocenters. The predicted molar refractivity (Wildman–Crippen MR) is 102 cm³/mol. The van der Waals surface area contributed by atoms with E-state index in [0.29, 0.717) is 19.6 Å². The Kier molecular flexibility index (Phi) is 4.47. The molecule has 1 aromatic carbocycles. The Morgan fingerprint density at radius 3 is 2.85 bits per heavy atom. The summed E-state index contributed by atoms with van der Waals surface area (Å²) in [4.78, 5) is 30.2. The minimum Gasteiger partial charge on any atom is -0.335 e. The monoisotopic (exact) mass is 367 g/mol. The first kappa shape index (κ1) is 17.7. The molecule has 1 N–H and O–H groups in total. The summed E-state index contributed by atoms with van der Waals surface area (Å²) in [5.41, 5.74) is 5.70. The van der Waals surface area contributed by atoms with Gasteiger partial charge >= 0.3 is 0 Å². The number of carbonyl (C=O) groups is 2. The smallest absolute Gasteiger partial charge is 0.246 e. The maximum atomic E-state index is 12.5. The summed E-state index contributed by atoms with van der Waals surface area (Å²) in [5.74, 6) is 0.0716. The summed E-state index contributed by atoms with van der Waals surface area (Å²) < 4.78 is 0. The normalized spacial score (nSPS) is 20.9. The van der Waals surface area contributed by atoms with Crippen LogP contribution in [0.1, 0.15) is 16.7 Å². The Morgan fingerprint density at radius 1 is 1.22 bits per heavy atom. The molecule has 3 heterocycles. The standard InChI is InChI=1S/C20H25N5O2/c1-13-4-5-14(2)16(8-13)19-15(9-21-22-19)10-24-6-7-25-17(11-24)20(27)23(3)12-18(25)26/h4-5,8-9,17H,6-7,10-12H2,1-3H3,(H,21,22)/t17-/m0/s1. The average molecular weight is 367 g/mol. The van der Waals surface area contributed by atoms with Crippen molar-refractivity contribution >= 4 is 11.8 Å². The van der Waals surface area contributed by atoms with E-state index in [1.54, 1.807) is 11.9 Å². The lowest BCUT2D eigenvalue weighted by atomic mass is 10.00. The minimum absolute atomic E-state index is 0.0289. The van der Waals surface area contributed by atoms with Crippen molar-refractivity contribution in [1.82, 2.24) is 24.9 Å². The minimum atomic E-state index is -0.374. The molecule has 2 aliphatic heterocycles. The number of hydrogen-bond donors (Lipinski definition) is 1. The van der Waals surface area contributed by atoms with E-state index >= 15 is 0 Å². The van der Waals surface area contributed by atoms with Gasteiger partial charge in [-0.3, -0.25) is 19.6 Å². The number of benzene rings is 1. The van der Waals surface area contributed by atoms with Crippen LogP contribution in [0.15, 0.2) is 24.4 Å². The van der Waals surface area contributed by atoms with Gasteiger partial charge in [-0.1, -0.05) is 17.7 Å². The van der Waals surface area contributed by atoms with Crippen molar-refractivity contribution in [1.29, 1.82) is 0 Å². The topological polar surface area (TPSA) is 72.5 Å². The first-order valence-corrected chi connectivity index (χ1v) is 9.30. The third-order valence-electron chi connectivity index (χ3n) is 5.59. The summed E-state index contributed by atoms with van der Waals surface area (Å²) in [5, 5.41) is 7.41. The number of amides is 2. The molecule has 7 heteroatoms. The second-order valence-corrected chi connectivity index (χ2v) is 7.62. The summed E-state index contributed by atoms with van der Waals surface area (Å²) in [6, 6.07) is 6.02.